The van der Waals surface area contributed by atoms with E-state index in [-0.39, 0.29) is 11.3 Å². The standard InChI is InChI=1S/C27H46N2O2Si2/c1-10-18-32(19-11-2,20-12-3)24-16-17-25(28(24)29(26(30)31)27(7,8)9)33(21-13-4,22-14-5)23-15-6/h10-15,24-25H,1-6,16-23H2,7-9H3,(H,30,31). The van der Waals surface area contributed by atoms with Gasteiger partial charge in [0.05, 0.1) is 21.7 Å². The largest absolute Gasteiger partial charge is 0.464 e. The number of hydrogen-bond acceptors (Lipinski definition) is 2. The number of rotatable bonds is 15. The molecule has 0 spiro atoms. The Kier molecular flexibility index (Phi) is 11.1. The molecule has 1 fully saturated rings. The van der Waals surface area contributed by atoms with Crippen molar-refractivity contribution in [3.05, 3.63) is 75.9 Å². The van der Waals surface area contributed by atoms with Crippen LogP contribution in [-0.2, 0) is 0 Å². The predicted octanol–water partition coefficient (Wildman–Crippen LogP) is 7.60. The third-order valence-electron chi connectivity index (χ3n) is 7.12. The lowest BCUT2D eigenvalue weighted by molar-refractivity contribution is -0.0718. The summed E-state index contributed by atoms with van der Waals surface area (Å²) in [5, 5.41) is 14.5. The van der Waals surface area contributed by atoms with E-state index in [1.165, 1.54) is 0 Å². The average Bonchev–Trinajstić information content (AvgIpc) is 3.13. The topological polar surface area (TPSA) is 43.8 Å². The van der Waals surface area contributed by atoms with Crippen LogP contribution in [0.4, 0.5) is 4.79 Å². The number of carbonyl (C=O) groups is 1. The predicted molar refractivity (Wildman–Crippen MR) is 150 cm³/mol. The Morgan fingerprint density at radius 2 is 1.06 bits per heavy atom. The highest BCUT2D eigenvalue weighted by Crippen LogP contribution is 2.46. The lowest BCUT2D eigenvalue weighted by Crippen LogP contribution is -2.69. The molecule has 1 rings (SSSR count). The fraction of sp³-hybridized carbons (Fsp3) is 0.519. The number of allylic oxidation sites excluding steroid dienone is 6. The zero-order valence-corrected chi connectivity index (χ0v) is 23.3. The van der Waals surface area contributed by atoms with E-state index in [9.17, 15) is 9.90 Å². The molecule has 1 aliphatic heterocycles. The molecule has 1 N–H and O–H groups in total. The lowest BCUT2D eigenvalue weighted by atomic mass is 10.1. The fourth-order valence-electron chi connectivity index (χ4n) is 6.02. The molecule has 1 heterocycles. The van der Waals surface area contributed by atoms with Crippen LogP contribution >= 0.6 is 0 Å². The second kappa shape index (κ2) is 12.5. The van der Waals surface area contributed by atoms with Crippen LogP contribution in [0.15, 0.2) is 75.9 Å². The molecule has 0 aliphatic carbocycles. The van der Waals surface area contributed by atoms with Crippen LogP contribution in [0.2, 0.25) is 36.3 Å². The molecule has 0 aromatic heterocycles. The molecule has 2 unspecified atom stereocenters. The zero-order chi connectivity index (χ0) is 25.3. The van der Waals surface area contributed by atoms with Gasteiger partial charge in [0.15, 0.2) is 0 Å². The van der Waals surface area contributed by atoms with Gasteiger partial charge in [0.1, 0.15) is 0 Å². The minimum absolute atomic E-state index is 0.165. The van der Waals surface area contributed by atoms with Crippen molar-refractivity contribution in [2.75, 3.05) is 0 Å². The highest BCUT2D eigenvalue weighted by atomic mass is 28.3. The minimum atomic E-state index is -2.09. The SMILES string of the molecule is C=CC[Si](CC=C)(CC=C)C1CCC([Si](CC=C)(CC=C)CC=C)N1N(C(=O)O)C(C)(C)C. The van der Waals surface area contributed by atoms with Crippen LogP contribution in [0.3, 0.4) is 0 Å². The van der Waals surface area contributed by atoms with Crippen molar-refractivity contribution in [2.45, 2.75) is 86.7 Å². The van der Waals surface area contributed by atoms with Gasteiger partial charge >= 0.3 is 6.09 Å². The number of hydrogen-bond donors (Lipinski definition) is 1. The van der Waals surface area contributed by atoms with Gasteiger partial charge in [-0.25, -0.2) is 14.8 Å². The summed E-state index contributed by atoms with van der Waals surface area (Å²) in [6, 6.07) is 5.47. The van der Waals surface area contributed by atoms with Crippen molar-refractivity contribution in [1.29, 1.82) is 0 Å². The quantitative estimate of drug-likeness (QED) is 0.191. The van der Waals surface area contributed by atoms with Gasteiger partial charge in [-0.2, -0.15) is 0 Å². The number of amides is 1. The van der Waals surface area contributed by atoms with E-state index in [1.807, 2.05) is 57.2 Å². The molecule has 0 radical (unpaired) electrons. The summed E-state index contributed by atoms with van der Waals surface area (Å²) >= 11 is 0. The Labute approximate surface area is 204 Å². The Bertz CT molecular complexity index is 642. The second-order valence-electron chi connectivity index (χ2n) is 10.4. The smallest absolute Gasteiger partial charge is 0.422 e. The molecular weight excluding hydrogens is 440 g/mol. The summed E-state index contributed by atoms with van der Waals surface area (Å²) in [7, 11) is -4.18. The highest BCUT2D eigenvalue weighted by molar-refractivity contribution is 6.84. The lowest BCUT2D eigenvalue weighted by Gasteiger charge is -2.53. The molecule has 4 nitrogen and oxygen atoms in total. The molecule has 1 saturated heterocycles. The van der Waals surface area contributed by atoms with Crippen LogP contribution in [0.25, 0.3) is 0 Å². The average molecular weight is 487 g/mol. The Morgan fingerprint density at radius 3 is 1.24 bits per heavy atom. The molecule has 2 atom stereocenters. The fourth-order valence-corrected chi connectivity index (χ4v) is 15.5. The maximum Gasteiger partial charge on any atom is 0.422 e. The minimum Gasteiger partial charge on any atom is -0.464 e. The van der Waals surface area contributed by atoms with E-state index in [1.54, 1.807) is 5.01 Å². The van der Waals surface area contributed by atoms with Crippen LogP contribution in [-0.4, -0.2) is 54.2 Å². The van der Waals surface area contributed by atoms with Crippen LogP contribution in [0.5, 0.6) is 0 Å². The van der Waals surface area contributed by atoms with Crippen molar-refractivity contribution < 1.29 is 9.90 Å². The molecular formula is C27H46N2O2Si2. The van der Waals surface area contributed by atoms with E-state index in [0.717, 1.165) is 49.1 Å². The van der Waals surface area contributed by atoms with E-state index in [4.69, 9.17) is 0 Å². The van der Waals surface area contributed by atoms with Gasteiger partial charge in [-0.1, -0.05) is 36.5 Å². The molecule has 0 bridgehead atoms. The molecule has 0 aromatic carbocycles. The van der Waals surface area contributed by atoms with Gasteiger partial charge in [-0.3, -0.25) is 0 Å². The van der Waals surface area contributed by atoms with Gasteiger partial charge in [0, 0.05) is 11.3 Å². The molecule has 6 heteroatoms. The van der Waals surface area contributed by atoms with Gasteiger partial charge in [0.25, 0.3) is 0 Å². The van der Waals surface area contributed by atoms with E-state index >= 15 is 0 Å². The van der Waals surface area contributed by atoms with Crippen LogP contribution < -0.4 is 0 Å². The van der Waals surface area contributed by atoms with E-state index < -0.39 is 27.8 Å². The molecule has 33 heavy (non-hydrogen) atoms. The molecule has 0 saturated carbocycles. The Balaban J connectivity index is 3.89. The first kappa shape index (κ1) is 29.1. The summed E-state index contributed by atoms with van der Waals surface area (Å²) in [6.45, 7) is 30.4. The molecule has 184 valence electrons. The van der Waals surface area contributed by atoms with E-state index in [0.29, 0.717) is 0 Å². The van der Waals surface area contributed by atoms with E-state index in [2.05, 4.69) is 44.5 Å². The number of carboxylic acid groups (broad SMARTS) is 1. The second-order valence-corrected chi connectivity index (χ2v) is 19.7. The van der Waals surface area contributed by atoms with Crippen molar-refractivity contribution in [1.82, 2.24) is 10.0 Å². The third-order valence-corrected chi connectivity index (χ3v) is 17.7. The Morgan fingerprint density at radius 1 is 0.788 bits per heavy atom. The molecule has 0 aromatic rings. The summed E-state index contributed by atoms with van der Waals surface area (Å²) < 4.78 is 0. The number of nitrogens with zero attached hydrogens (tertiary/aromatic N) is 2. The van der Waals surface area contributed by atoms with Gasteiger partial charge in [-0.15, -0.1) is 39.5 Å². The van der Waals surface area contributed by atoms with Gasteiger partial charge < -0.3 is 5.11 Å². The molecule has 1 aliphatic rings. The monoisotopic (exact) mass is 486 g/mol. The summed E-state index contributed by atoms with van der Waals surface area (Å²) in [5.41, 5.74) is -0.240. The summed E-state index contributed by atoms with van der Waals surface area (Å²) in [5.74, 6) is 0. The van der Waals surface area contributed by atoms with Crippen molar-refractivity contribution in [3.8, 4) is 0 Å². The normalized spacial score (nSPS) is 19.5. The van der Waals surface area contributed by atoms with Crippen molar-refractivity contribution in [3.63, 3.8) is 0 Å². The van der Waals surface area contributed by atoms with Crippen molar-refractivity contribution in [2.24, 2.45) is 0 Å². The van der Waals surface area contributed by atoms with Gasteiger partial charge in [0.2, 0.25) is 0 Å². The Hall–Kier alpha value is -1.90. The summed E-state index contributed by atoms with van der Waals surface area (Å²) in [6.07, 6.45) is 13.2. The number of hydrazine groups is 1. The van der Waals surface area contributed by atoms with Gasteiger partial charge in [-0.05, 0) is 69.9 Å². The first-order valence-electron chi connectivity index (χ1n) is 12.0. The first-order chi connectivity index (χ1) is 15.5. The third kappa shape index (κ3) is 6.37. The first-order valence-corrected chi connectivity index (χ1v) is 17.4. The van der Waals surface area contributed by atoms with Crippen molar-refractivity contribution >= 4 is 22.2 Å². The van der Waals surface area contributed by atoms with Crippen LogP contribution in [0.1, 0.15) is 33.6 Å². The highest BCUT2D eigenvalue weighted by Gasteiger charge is 2.56. The maximum absolute atomic E-state index is 12.8. The molecule has 1 amide bonds. The zero-order valence-electron chi connectivity index (χ0n) is 21.3. The summed E-state index contributed by atoms with van der Waals surface area (Å²) in [4.78, 5) is 12.8. The van der Waals surface area contributed by atoms with Crippen LogP contribution in [0, 0.1) is 0 Å². The maximum atomic E-state index is 12.8.